The Labute approximate surface area is 167 Å². The summed E-state index contributed by atoms with van der Waals surface area (Å²) < 4.78 is 8.97. The van der Waals surface area contributed by atoms with Gasteiger partial charge in [-0.05, 0) is 30.7 Å². The van der Waals surface area contributed by atoms with Crippen molar-refractivity contribution in [1.82, 2.24) is 14.1 Å². The monoisotopic (exact) mass is 397 g/mol. The Hall–Kier alpha value is -3.55. The largest absolute Gasteiger partial charge is 0.507 e. The van der Waals surface area contributed by atoms with E-state index in [0.29, 0.717) is 23.6 Å². The van der Waals surface area contributed by atoms with Gasteiger partial charge >= 0.3 is 5.97 Å². The van der Waals surface area contributed by atoms with Crippen LogP contribution < -0.4 is 10.3 Å². The zero-order chi connectivity index (χ0) is 21.1. The lowest BCUT2D eigenvalue weighted by Crippen LogP contribution is -2.26. The molecule has 2 aromatic heterocycles. The number of carboxylic acid groups (broad SMARTS) is 1. The maximum Gasteiger partial charge on any atom is 0.304 e. The van der Waals surface area contributed by atoms with E-state index in [1.165, 1.54) is 10.6 Å². The lowest BCUT2D eigenvalue weighted by Gasteiger charge is -2.19. The van der Waals surface area contributed by atoms with Crippen molar-refractivity contribution in [3.05, 3.63) is 75.7 Å². The van der Waals surface area contributed by atoms with Crippen LogP contribution in [0.4, 0.5) is 0 Å². The van der Waals surface area contributed by atoms with Crippen molar-refractivity contribution < 1.29 is 19.7 Å². The van der Waals surface area contributed by atoms with Crippen LogP contribution in [0.5, 0.6) is 11.5 Å². The molecule has 152 valence electrons. The number of benzene rings is 1. The third kappa shape index (κ3) is 4.31. The van der Waals surface area contributed by atoms with Gasteiger partial charge in [-0.3, -0.25) is 9.59 Å². The van der Waals surface area contributed by atoms with E-state index in [1.54, 1.807) is 44.4 Å². The van der Waals surface area contributed by atoms with Gasteiger partial charge in [-0.15, -0.1) is 0 Å². The zero-order valence-corrected chi connectivity index (χ0v) is 16.5. The van der Waals surface area contributed by atoms with Crippen LogP contribution in [0.3, 0.4) is 0 Å². The third-order valence-electron chi connectivity index (χ3n) is 4.98. The fourth-order valence-corrected chi connectivity index (χ4v) is 3.19. The van der Waals surface area contributed by atoms with Crippen LogP contribution in [-0.4, -0.2) is 30.3 Å². The highest BCUT2D eigenvalue weighted by Crippen LogP contribution is 2.33. The fraction of sp³-hybridized carbons (Fsp3) is 0.286. The smallest absolute Gasteiger partial charge is 0.304 e. The van der Waals surface area contributed by atoms with Gasteiger partial charge in [0, 0.05) is 38.1 Å². The topological polar surface area (TPSA) is 107 Å². The van der Waals surface area contributed by atoms with Crippen LogP contribution in [0.1, 0.15) is 35.0 Å². The number of ether oxygens (including phenoxy) is 1. The van der Waals surface area contributed by atoms with Crippen molar-refractivity contribution in [2.45, 2.75) is 25.9 Å². The number of carbonyl (C=O) groups is 1. The Kier molecular flexibility index (Phi) is 5.72. The number of pyridine rings is 1. The van der Waals surface area contributed by atoms with Gasteiger partial charge in [-0.1, -0.05) is 12.1 Å². The average Bonchev–Trinajstić information content (AvgIpc) is 3.09. The minimum atomic E-state index is -1.06. The summed E-state index contributed by atoms with van der Waals surface area (Å²) in [5.74, 6) is -0.688. The van der Waals surface area contributed by atoms with Crippen LogP contribution in [0.15, 0.2) is 47.5 Å². The number of aryl methyl sites for hydroxylation is 2. The normalized spacial score (nSPS) is 12.0. The third-order valence-corrected chi connectivity index (χ3v) is 4.98. The molecule has 0 saturated heterocycles. The van der Waals surface area contributed by atoms with Gasteiger partial charge in [0.05, 0.1) is 12.0 Å². The van der Waals surface area contributed by atoms with Crippen molar-refractivity contribution in [1.29, 1.82) is 0 Å². The first-order chi connectivity index (χ1) is 13.8. The molecular weight excluding hydrogens is 374 g/mol. The number of aliphatic carboxylic acids is 1. The average molecular weight is 397 g/mol. The second kappa shape index (κ2) is 8.22. The number of nitrogens with zero attached hydrogens (tertiary/aromatic N) is 3. The fourth-order valence-electron chi connectivity index (χ4n) is 3.19. The highest BCUT2D eigenvalue weighted by Gasteiger charge is 2.25. The predicted octanol–water partition coefficient (Wildman–Crippen LogP) is 2.32. The van der Waals surface area contributed by atoms with E-state index in [0.717, 1.165) is 5.82 Å². The quantitative estimate of drug-likeness (QED) is 0.634. The summed E-state index contributed by atoms with van der Waals surface area (Å²) in [4.78, 5) is 28.3. The number of aromatic nitrogens is 3. The molecule has 0 unspecified atom stereocenters. The Morgan fingerprint density at radius 1 is 1.24 bits per heavy atom. The van der Waals surface area contributed by atoms with Crippen molar-refractivity contribution >= 4 is 5.97 Å². The van der Waals surface area contributed by atoms with Crippen LogP contribution >= 0.6 is 0 Å². The van der Waals surface area contributed by atoms with Crippen LogP contribution in [0, 0.1) is 6.92 Å². The molecule has 8 heteroatoms. The molecule has 2 N–H and O–H groups in total. The molecule has 0 saturated carbocycles. The summed E-state index contributed by atoms with van der Waals surface area (Å²) in [6.45, 7) is 1.99. The second-order valence-electron chi connectivity index (χ2n) is 6.91. The number of rotatable bonds is 7. The van der Waals surface area contributed by atoms with Crippen molar-refractivity contribution in [3.63, 3.8) is 0 Å². The van der Waals surface area contributed by atoms with E-state index in [4.69, 9.17) is 4.74 Å². The molecule has 29 heavy (non-hydrogen) atoms. The lowest BCUT2D eigenvalue weighted by molar-refractivity contribution is -0.137. The number of carboxylic acids is 1. The summed E-state index contributed by atoms with van der Waals surface area (Å²) in [5.41, 5.74) is 0.849. The number of hydrogen-bond acceptors (Lipinski definition) is 5. The van der Waals surface area contributed by atoms with E-state index in [2.05, 4.69) is 4.98 Å². The van der Waals surface area contributed by atoms with Gasteiger partial charge in [0.1, 0.15) is 23.9 Å². The second-order valence-corrected chi connectivity index (χ2v) is 6.91. The standard InChI is InChI=1S/C21H23N3O5/c1-13-10-17(25)20(21(28)24(13)3)16(11-19(26)27)14-4-6-15(7-5-14)29-12-18-22-8-9-23(18)2/h4-10,16,25H,11-12H2,1-3H3,(H,26,27)/t16-/m1/s1. The number of hydrogen-bond donors (Lipinski definition) is 2. The Balaban J connectivity index is 1.90. The molecule has 0 aliphatic carbocycles. The molecule has 0 radical (unpaired) electrons. The molecule has 3 aromatic rings. The molecule has 0 fully saturated rings. The predicted molar refractivity (Wildman–Crippen MR) is 106 cm³/mol. The highest BCUT2D eigenvalue weighted by molar-refractivity contribution is 5.69. The van der Waals surface area contributed by atoms with Crippen molar-refractivity contribution in [2.24, 2.45) is 14.1 Å². The van der Waals surface area contributed by atoms with Crippen LogP contribution in [0.25, 0.3) is 0 Å². The first-order valence-electron chi connectivity index (χ1n) is 9.08. The van der Waals surface area contributed by atoms with Gasteiger partial charge in [0.2, 0.25) is 0 Å². The van der Waals surface area contributed by atoms with Gasteiger partial charge in [-0.25, -0.2) is 4.98 Å². The van der Waals surface area contributed by atoms with E-state index in [1.807, 2.05) is 17.8 Å². The summed E-state index contributed by atoms with van der Waals surface area (Å²) in [6.07, 6.45) is 3.19. The van der Waals surface area contributed by atoms with Crippen molar-refractivity contribution in [3.8, 4) is 11.5 Å². The minimum absolute atomic E-state index is 0.0715. The van der Waals surface area contributed by atoms with Gasteiger partial charge < -0.3 is 24.1 Å². The van der Waals surface area contributed by atoms with Gasteiger partial charge in [0.25, 0.3) is 5.56 Å². The Morgan fingerprint density at radius 3 is 2.52 bits per heavy atom. The van der Waals surface area contributed by atoms with E-state index in [9.17, 15) is 19.8 Å². The zero-order valence-electron chi connectivity index (χ0n) is 16.5. The maximum absolute atomic E-state index is 12.7. The summed E-state index contributed by atoms with van der Waals surface area (Å²) >= 11 is 0. The lowest BCUT2D eigenvalue weighted by atomic mass is 9.88. The van der Waals surface area contributed by atoms with E-state index >= 15 is 0 Å². The molecule has 0 aliphatic heterocycles. The van der Waals surface area contributed by atoms with Crippen LogP contribution in [0.2, 0.25) is 0 Å². The molecule has 0 aliphatic rings. The molecule has 0 spiro atoms. The maximum atomic E-state index is 12.7. The molecule has 1 atom stereocenters. The van der Waals surface area contributed by atoms with Gasteiger partial charge in [0.15, 0.2) is 0 Å². The molecule has 1 aromatic carbocycles. The summed E-state index contributed by atoms with van der Waals surface area (Å²) in [5, 5.41) is 19.7. The Bertz CT molecular complexity index is 1080. The van der Waals surface area contributed by atoms with E-state index < -0.39 is 17.4 Å². The summed E-state index contributed by atoms with van der Waals surface area (Å²) in [6, 6.07) is 8.31. The molecule has 0 bridgehead atoms. The molecule has 0 amide bonds. The Morgan fingerprint density at radius 2 is 1.93 bits per heavy atom. The first-order valence-corrected chi connectivity index (χ1v) is 9.08. The number of aromatic hydroxyl groups is 1. The molecular formula is C21H23N3O5. The van der Waals surface area contributed by atoms with Gasteiger partial charge in [-0.2, -0.15) is 0 Å². The van der Waals surface area contributed by atoms with Crippen LogP contribution in [-0.2, 0) is 25.5 Å². The number of imidazole rings is 1. The van der Waals surface area contributed by atoms with E-state index in [-0.39, 0.29) is 17.7 Å². The molecule has 2 heterocycles. The van der Waals surface area contributed by atoms with Crippen molar-refractivity contribution in [2.75, 3.05) is 0 Å². The molecule has 3 rings (SSSR count). The highest BCUT2D eigenvalue weighted by atomic mass is 16.5. The SMILES string of the molecule is Cc1cc(O)c([C@H](CC(=O)O)c2ccc(OCc3nccn3C)cc2)c(=O)n1C. The first kappa shape index (κ1) is 20.2. The summed E-state index contributed by atoms with van der Waals surface area (Å²) in [7, 11) is 3.47. The molecule has 8 nitrogen and oxygen atoms in total. The minimum Gasteiger partial charge on any atom is -0.507 e.